The molecule has 3 aromatic carbocycles. The highest BCUT2D eigenvalue weighted by Gasteiger charge is 2.22. The maximum absolute atomic E-state index is 13.4. The minimum Gasteiger partial charge on any atom is -0.494 e. The topological polar surface area (TPSA) is 66.2 Å². The van der Waals surface area contributed by atoms with E-state index >= 15 is 0 Å². The molecule has 4 aromatic rings. The number of rotatable bonds is 6. The van der Waals surface area contributed by atoms with Gasteiger partial charge in [-0.3, -0.25) is 9.69 Å². The Labute approximate surface area is 178 Å². The van der Waals surface area contributed by atoms with Crippen molar-refractivity contribution in [3.8, 4) is 11.8 Å². The summed E-state index contributed by atoms with van der Waals surface area (Å²) in [4.78, 5) is 19.8. The minimum atomic E-state index is -0.160. The van der Waals surface area contributed by atoms with Gasteiger partial charge >= 0.3 is 0 Å². The SMILES string of the molecule is CCOc1ccc2nc(N(Cc3ccccc3)C(=O)c3ccc(C#N)cc3)sc2c1. The zero-order valence-electron chi connectivity index (χ0n) is 16.4. The second-order valence-corrected chi connectivity index (χ2v) is 7.63. The number of carbonyl (C=O) groups excluding carboxylic acids is 1. The molecular formula is C24H19N3O2S. The van der Waals surface area contributed by atoms with Crippen LogP contribution in [0.15, 0.2) is 72.8 Å². The fraction of sp³-hybridized carbons (Fsp3) is 0.125. The molecule has 0 saturated heterocycles. The van der Waals surface area contributed by atoms with E-state index in [1.165, 1.54) is 11.3 Å². The van der Waals surface area contributed by atoms with Crippen molar-refractivity contribution in [3.63, 3.8) is 0 Å². The van der Waals surface area contributed by atoms with E-state index in [4.69, 9.17) is 15.0 Å². The van der Waals surface area contributed by atoms with Crippen LogP contribution in [0, 0.1) is 11.3 Å². The maximum Gasteiger partial charge on any atom is 0.260 e. The van der Waals surface area contributed by atoms with Crippen LogP contribution in [0.4, 0.5) is 5.13 Å². The molecule has 1 aromatic heterocycles. The lowest BCUT2D eigenvalue weighted by molar-refractivity contribution is 0.0985. The molecule has 0 aliphatic rings. The van der Waals surface area contributed by atoms with E-state index in [2.05, 4.69) is 6.07 Å². The molecule has 0 bridgehead atoms. The number of nitrogens with zero attached hydrogens (tertiary/aromatic N) is 3. The third kappa shape index (κ3) is 4.17. The van der Waals surface area contributed by atoms with Crippen LogP contribution in [0.1, 0.15) is 28.4 Å². The quantitative estimate of drug-likeness (QED) is 0.424. The number of hydrogen-bond donors (Lipinski definition) is 0. The average Bonchev–Trinajstić information content (AvgIpc) is 3.21. The predicted octanol–water partition coefficient (Wildman–Crippen LogP) is 5.41. The number of hydrogen-bond acceptors (Lipinski definition) is 5. The number of amides is 1. The molecule has 30 heavy (non-hydrogen) atoms. The van der Waals surface area contributed by atoms with Gasteiger partial charge in [-0.1, -0.05) is 41.7 Å². The number of anilines is 1. The van der Waals surface area contributed by atoms with Crippen molar-refractivity contribution in [1.29, 1.82) is 5.26 Å². The third-order valence-electron chi connectivity index (χ3n) is 4.58. The number of fused-ring (bicyclic) bond motifs is 1. The molecule has 0 radical (unpaired) electrons. The van der Waals surface area contributed by atoms with Crippen molar-refractivity contribution in [1.82, 2.24) is 4.98 Å². The number of benzene rings is 3. The third-order valence-corrected chi connectivity index (χ3v) is 5.62. The fourth-order valence-corrected chi connectivity index (χ4v) is 4.09. The molecule has 0 aliphatic heterocycles. The Hall–Kier alpha value is -3.69. The summed E-state index contributed by atoms with van der Waals surface area (Å²) in [6.45, 7) is 2.94. The van der Waals surface area contributed by atoms with Crippen LogP contribution < -0.4 is 9.64 Å². The summed E-state index contributed by atoms with van der Waals surface area (Å²) in [6, 6.07) is 24.3. The van der Waals surface area contributed by atoms with Crippen LogP contribution in [-0.4, -0.2) is 17.5 Å². The lowest BCUT2D eigenvalue weighted by Crippen LogP contribution is -2.30. The highest BCUT2D eigenvalue weighted by molar-refractivity contribution is 7.22. The van der Waals surface area contributed by atoms with E-state index in [9.17, 15) is 4.79 Å². The normalized spacial score (nSPS) is 10.5. The molecular weight excluding hydrogens is 394 g/mol. The summed E-state index contributed by atoms with van der Waals surface area (Å²) >= 11 is 1.46. The Kier molecular flexibility index (Phi) is 5.73. The number of carbonyl (C=O) groups is 1. The Bertz CT molecular complexity index is 1210. The molecule has 6 heteroatoms. The van der Waals surface area contributed by atoms with E-state index in [0.29, 0.717) is 29.4 Å². The van der Waals surface area contributed by atoms with Crippen LogP contribution >= 0.6 is 11.3 Å². The summed E-state index contributed by atoms with van der Waals surface area (Å²) in [7, 11) is 0. The van der Waals surface area contributed by atoms with E-state index in [1.54, 1.807) is 29.2 Å². The number of thiazole rings is 1. The second kappa shape index (κ2) is 8.76. The predicted molar refractivity (Wildman–Crippen MR) is 119 cm³/mol. The van der Waals surface area contributed by atoms with E-state index < -0.39 is 0 Å². The van der Waals surface area contributed by atoms with Gasteiger partial charge in [-0.05, 0) is 55.0 Å². The molecule has 0 saturated carbocycles. The standard InChI is InChI=1S/C24H19N3O2S/c1-2-29-20-12-13-21-22(14-20)30-24(26-21)27(16-18-6-4-3-5-7-18)23(28)19-10-8-17(15-25)9-11-19/h3-14H,2,16H2,1H3. The molecule has 4 rings (SSSR count). The van der Waals surface area contributed by atoms with Gasteiger partial charge in [-0.15, -0.1) is 0 Å². The Morgan fingerprint density at radius 2 is 1.87 bits per heavy atom. The largest absolute Gasteiger partial charge is 0.494 e. The zero-order chi connectivity index (χ0) is 20.9. The van der Waals surface area contributed by atoms with E-state index in [1.807, 2.05) is 55.5 Å². The van der Waals surface area contributed by atoms with Crippen LogP contribution in [0.2, 0.25) is 0 Å². The molecule has 0 fully saturated rings. The van der Waals surface area contributed by atoms with Crippen molar-refractivity contribution >= 4 is 32.6 Å². The van der Waals surface area contributed by atoms with E-state index in [0.717, 1.165) is 21.5 Å². The summed E-state index contributed by atoms with van der Waals surface area (Å²) in [5, 5.41) is 9.65. The Balaban J connectivity index is 1.73. The van der Waals surface area contributed by atoms with Crippen LogP contribution in [0.5, 0.6) is 5.75 Å². The number of nitriles is 1. The minimum absolute atomic E-state index is 0.160. The lowest BCUT2D eigenvalue weighted by atomic mass is 10.1. The van der Waals surface area contributed by atoms with Gasteiger partial charge < -0.3 is 4.74 Å². The Morgan fingerprint density at radius 1 is 1.10 bits per heavy atom. The molecule has 0 atom stereocenters. The molecule has 0 aliphatic carbocycles. The number of ether oxygens (including phenoxy) is 1. The van der Waals surface area contributed by atoms with Gasteiger partial charge in [0.2, 0.25) is 0 Å². The molecule has 0 unspecified atom stereocenters. The van der Waals surface area contributed by atoms with Gasteiger partial charge in [0.25, 0.3) is 5.91 Å². The molecule has 1 amide bonds. The summed E-state index contributed by atoms with van der Waals surface area (Å²) < 4.78 is 6.55. The van der Waals surface area contributed by atoms with Crippen LogP contribution in [0.3, 0.4) is 0 Å². The van der Waals surface area contributed by atoms with Crippen LogP contribution in [-0.2, 0) is 6.54 Å². The average molecular weight is 414 g/mol. The highest BCUT2D eigenvalue weighted by Crippen LogP contribution is 2.33. The first-order chi connectivity index (χ1) is 14.7. The zero-order valence-corrected chi connectivity index (χ0v) is 17.2. The second-order valence-electron chi connectivity index (χ2n) is 6.63. The van der Waals surface area contributed by atoms with Gasteiger partial charge in [-0.2, -0.15) is 5.26 Å². The Morgan fingerprint density at radius 3 is 2.57 bits per heavy atom. The molecule has 0 spiro atoms. The summed E-state index contributed by atoms with van der Waals surface area (Å²) in [6.07, 6.45) is 0. The summed E-state index contributed by atoms with van der Waals surface area (Å²) in [5.74, 6) is 0.626. The summed E-state index contributed by atoms with van der Waals surface area (Å²) in [5.41, 5.74) is 2.86. The molecule has 1 heterocycles. The van der Waals surface area contributed by atoms with Gasteiger partial charge in [0.1, 0.15) is 5.75 Å². The van der Waals surface area contributed by atoms with Crippen molar-refractivity contribution in [2.45, 2.75) is 13.5 Å². The van der Waals surface area contributed by atoms with Crippen molar-refractivity contribution < 1.29 is 9.53 Å². The van der Waals surface area contributed by atoms with E-state index in [-0.39, 0.29) is 5.91 Å². The monoisotopic (exact) mass is 413 g/mol. The first-order valence-corrected chi connectivity index (χ1v) is 10.4. The maximum atomic E-state index is 13.4. The fourth-order valence-electron chi connectivity index (χ4n) is 3.10. The van der Waals surface area contributed by atoms with Gasteiger partial charge in [-0.25, -0.2) is 4.98 Å². The molecule has 0 N–H and O–H groups in total. The lowest BCUT2D eigenvalue weighted by Gasteiger charge is -2.20. The van der Waals surface area contributed by atoms with Gasteiger partial charge in [0.05, 0.1) is 35.0 Å². The smallest absolute Gasteiger partial charge is 0.260 e. The first kappa shape index (κ1) is 19.6. The molecule has 148 valence electrons. The first-order valence-electron chi connectivity index (χ1n) is 9.57. The van der Waals surface area contributed by atoms with Crippen molar-refractivity contribution in [2.75, 3.05) is 11.5 Å². The van der Waals surface area contributed by atoms with Gasteiger partial charge in [0, 0.05) is 5.56 Å². The van der Waals surface area contributed by atoms with Crippen molar-refractivity contribution in [2.24, 2.45) is 0 Å². The van der Waals surface area contributed by atoms with Gasteiger partial charge in [0.15, 0.2) is 5.13 Å². The van der Waals surface area contributed by atoms with Crippen molar-refractivity contribution in [3.05, 3.63) is 89.5 Å². The highest BCUT2D eigenvalue weighted by atomic mass is 32.1. The van der Waals surface area contributed by atoms with Crippen LogP contribution in [0.25, 0.3) is 10.2 Å². The number of aromatic nitrogens is 1. The molecule has 5 nitrogen and oxygen atoms in total.